The predicted octanol–water partition coefficient (Wildman–Crippen LogP) is 4.16. The summed E-state index contributed by atoms with van der Waals surface area (Å²) in [5.41, 5.74) is 0.892. The summed E-state index contributed by atoms with van der Waals surface area (Å²) in [5.74, 6) is 0.806. The van der Waals surface area contributed by atoms with E-state index in [0.29, 0.717) is 33.9 Å². The number of hydrogen-bond donors (Lipinski definition) is 0. The molecular formula is C25H21ClN2O5. The molecule has 1 aliphatic heterocycles. The van der Waals surface area contributed by atoms with Crippen molar-refractivity contribution in [1.82, 2.24) is 5.01 Å². The van der Waals surface area contributed by atoms with Gasteiger partial charge in [-0.25, -0.2) is 4.79 Å². The Hall–Kier alpha value is -3.19. The van der Waals surface area contributed by atoms with Gasteiger partial charge in [0.2, 0.25) is 0 Å². The predicted molar refractivity (Wildman–Crippen MR) is 119 cm³/mol. The number of halogens is 1. The summed E-state index contributed by atoms with van der Waals surface area (Å²) in [6.07, 6.45) is 6.77. The Morgan fingerprint density at radius 2 is 1.85 bits per heavy atom. The van der Waals surface area contributed by atoms with Crippen LogP contribution in [0.2, 0.25) is 5.02 Å². The number of ether oxygens (including phenoxy) is 1. The second-order valence-electron chi connectivity index (χ2n) is 9.00. The number of imide groups is 1. The summed E-state index contributed by atoms with van der Waals surface area (Å²) < 4.78 is 10.9. The molecule has 0 radical (unpaired) electrons. The van der Waals surface area contributed by atoms with Gasteiger partial charge in [0.1, 0.15) is 11.5 Å². The first-order valence-electron chi connectivity index (χ1n) is 11.1. The van der Waals surface area contributed by atoms with Crippen LogP contribution < -0.4 is 0 Å². The lowest BCUT2D eigenvalue weighted by atomic mass is 9.63. The van der Waals surface area contributed by atoms with Crippen molar-refractivity contribution in [1.29, 1.82) is 0 Å². The summed E-state index contributed by atoms with van der Waals surface area (Å²) in [6, 6.07) is 8.36. The number of carbonyl (C=O) groups excluding carboxylic acids is 3. The van der Waals surface area contributed by atoms with Crippen molar-refractivity contribution in [3.63, 3.8) is 0 Å². The van der Waals surface area contributed by atoms with Crippen molar-refractivity contribution in [3.05, 3.63) is 58.8 Å². The molecule has 2 bridgehead atoms. The van der Waals surface area contributed by atoms with E-state index in [2.05, 4.69) is 17.3 Å². The molecule has 0 unspecified atom stereocenters. The molecular weight excluding hydrogens is 444 g/mol. The van der Waals surface area contributed by atoms with Crippen molar-refractivity contribution in [2.75, 3.05) is 6.61 Å². The number of furan rings is 1. The Morgan fingerprint density at radius 1 is 1.15 bits per heavy atom. The number of esters is 1. The fourth-order valence-corrected chi connectivity index (χ4v) is 5.99. The molecule has 8 heteroatoms. The standard InChI is InChI=1S/C25H21ClN2O5/c1-2-32-25(31)18-9-12(3-7-19(18)26)20-8-4-13(33-20)11-27-28-23(29)21-14-5-6-15(17-10-16(14)17)22(21)24(28)30/h3-9,11,14-17,21-22H,2,10H2,1H3/b27-11-/t14-,15-,16-,17+,21+,22+/m0/s1. The smallest absolute Gasteiger partial charge is 0.339 e. The molecule has 4 aliphatic carbocycles. The van der Waals surface area contributed by atoms with E-state index in [1.165, 1.54) is 6.21 Å². The molecule has 0 spiro atoms. The molecule has 2 aromatic rings. The molecule has 1 saturated heterocycles. The Morgan fingerprint density at radius 3 is 2.52 bits per heavy atom. The number of hydrazone groups is 1. The zero-order chi connectivity index (χ0) is 22.9. The average Bonchev–Trinajstić information content (AvgIpc) is 3.45. The molecule has 2 amide bonds. The molecule has 7 rings (SSSR count). The Labute approximate surface area is 195 Å². The highest BCUT2D eigenvalue weighted by Crippen LogP contribution is 2.65. The molecule has 1 aromatic heterocycles. The Bertz CT molecular complexity index is 1210. The first kappa shape index (κ1) is 20.4. The fraction of sp³-hybridized carbons (Fsp3) is 0.360. The van der Waals surface area contributed by atoms with Crippen LogP contribution in [0.3, 0.4) is 0 Å². The highest BCUT2D eigenvalue weighted by Gasteiger charge is 2.67. The third-order valence-electron chi connectivity index (χ3n) is 7.31. The summed E-state index contributed by atoms with van der Waals surface area (Å²) in [7, 11) is 0. The van der Waals surface area contributed by atoms with Crippen LogP contribution in [-0.4, -0.2) is 35.6 Å². The van der Waals surface area contributed by atoms with Gasteiger partial charge in [0.05, 0.1) is 35.2 Å². The van der Waals surface area contributed by atoms with Gasteiger partial charge in [-0.1, -0.05) is 23.8 Å². The Kier molecular flexibility index (Phi) is 4.59. The average molecular weight is 465 g/mol. The Balaban J connectivity index is 1.22. The molecule has 5 aliphatic rings. The molecule has 6 atom stereocenters. The minimum Gasteiger partial charge on any atom is -0.462 e. The summed E-state index contributed by atoms with van der Waals surface area (Å²) in [5, 5.41) is 5.52. The van der Waals surface area contributed by atoms with Gasteiger partial charge in [-0.3, -0.25) is 9.59 Å². The van der Waals surface area contributed by atoms with Crippen LogP contribution in [-0.2, 0) is 14.3 Å². The van der Waals surface area contributed by atoms with Crippen LogP contribution in [0.4, 0.5) is 0 Å². The van der Waals surface area contributed by atoms with E-state index in [1.807, 2.05) is 0 Å². The fourth-order valence-electron chi connectivity index (χ4n) is 5.79. The van der Waals surface area contributed by atoms with Crippen LogP contribution >= 0.6 is 11.6 Å². The number of allylic oxidation sites excluding steroid dienone is 2. The van der Waals surface area contributed by atoms with Crippen molar-refractivity contribution >= 4 is 35.6 Å². The van der Waals surface area contributed by atoms with Gasteiger partial charge in [0.25, 0.3) is 11.8 Å². The number of rotatable bonds is 5. The maximum absolute atomic E-state index is 13.0. The molecule has 3 fully saturated rings. The third kappa shape index (κ3) is 3.09. The van der Waals surface area contributed by atoms with Gasteiger partial charge in [0, 0.05) is 5.56 Å². The molecule has 2 saturated carbocycles. The van der Waals surface area contributed by atoms with Gasteiger partial charge >= 0.3 is 5.97 Å². The summed E-state index contributed by atoms with van der Waals surface area (Å²) in [4.78, 5) is 38.1. The van der Waals surface area contributed by atoms with E-state index in [0.717, 1.165) is 11.4 Å². The van der Waals surface area contributed by atoms with Gasteiger partial charge in [0.15, 0.2) is 0 Å². The van der Waals surface area contributed by atoms with E-state index >= 15 is 0 Å². The van der Waals surface area contributed by atoms with Crippen LogP contribution in [0.5, 0.6) is 0 Å². The van der Waals surface area contributed by atoms with Crippen LogP contribution in [0.15, 0.2) is 52.0 Å². The lowest BCUT2D eigenvalue weighted by molar-refractivity contribution is -0.140. The number of hydrogen-bond acceptors (Lipinski definition) is 6. The lowest BCUT2D eigenvalue weighted by Gasteiger charge is -2.37. The maximum atomic E-state index is 13.0. The number of nitrogens with zero attached hydrogens (tertiary/aromatic N) is 2. The molecule has 2 heterocycles. The van der Waals surface area contributed by atoms with Crippen molar-refractivity contribution in [2.24, 2.45) is 40.6 Å². The van der Waals surface area contributed by atoms with E-state index in [-0.39, 0.29) is 47.7 Å². The van der Waals surface area contributed by atoms with Gasteiger partial charge in [-0.2, -0.15) is 10.1 Å². The SMILES string of the molecule is CCOC(=O)c1cc(-c2ccc(/C=N\N3C(=O)[C@@H]4[C@H]5C=C[C@@H]([C@@H]6C[C@H]56)[C@H]4C3=O)o2)ccc1Cl. The topological polar surface area (TPSA) is 89.2 Å². The molecule has 7 nitrogen and oxygen atoms in total. The van der Waals surface area contributed by atoms with Crippen LogP contribution in [0.25, 0.3) is 11.3 Å². The molecule has 0 N–H and O–H groups in total. The molecule has 33 heavy (non-hydrogen) atoms. The number of benzene rings is 1. The summed E-state index contributed by atoms with van der Waals surface area (Å²) >= 11 is 6.13. The lowest BCUT2D eigenvalue weighted by Crippen LogP contribution is -2.40. The highest BCUT2D eigenvalue weighted by molar-refractivity contribution is 6.33. The zero-order valence-electron chi connectivity index (χ0n) is 17.8. The van der Waals surface area contributed by atoms with E-state index in [9.17, 15) is 14.4 Å². The van der Waals surface area contributed by atoms with E-state index < -0.39 is 5.97 Å². The third-order valence-corrected chi connectivity index (χ3v) is 7.64. The highest BCUT2D eigenvalue weighted by atomic mass is 35.5. The van der Waals surface area contributed by atoms with Crippen LogP contribution in [0, 0.1) is 35.5 Å². The van der Waals surface area contributed by atoms with E-state index in [4.69, 9.17) is 20.8 Å². The normalized spacial score (nSPS) is 31.3. The number of carbonyl (C=O) groups is 3. The van der Waals surface area contributed by atoms with E-state index in [1.54, 1.807) is 37.3 Å². The molecule has 1 aromatic carbocycles. The van der Waals surface area contributed by atoms with Crippen molar-refractivity contribution < 1.29 is 23.5 Å². The van der Waals surface area contributed by atoms with Crippen molar-refractivity contribution in [3.8, 4) is 11.3 Å². The second-order valence-corrected chi connectivity index (χ2v) is 9.41. The first-order valence-corrected chi connectivity index (χ1v) is 11.5. The quantitative estimate of drug-likeness (QED) is 0.287. The zero-order valence-corrected chi connectivity index (χ0v) is 18.6. The number of amides is 2. The summed E-state index contributed by atoms with van der Waals surface area (Å²) in [6.45, 7) is 1.97. The van der Waals surface area contributed by atoms with Crippen molar-refractivity contribution in [2.45, 2.75) is 13.3 Å². The minimum atomic E-state index is -0.508. The maximum Gasteiger partial charge on any atom is 0.339 e. The first-order chi connectivity index (χ1) is 16.0. The second kappa shape index (κ2) is 7.42. The van der Waals surface area contributed by atoms with Gasteiger partial charge in [-0.05, 0) is 67.3 Å². The van der Waals surface area contributed by atoms with Gasteiger partial charge < -0.3 is 9.15 Å². The monoisotopic (exact) mass is 464 g/mol. The largest absolute Gasteiger partial charge is 0.462 e. The van der Waals surface area contributed by atoms with Gasteiger partial charge in [-0.15, -0.1) is 0 Å². The minimum absolute atomic E-state index is 0.162. The molecule has 168 valence electrons. The van der Waals surface area contributed by atoms with Crippen LogP contribution in [0.1, 0.15) is 29.5 Å².